The van der Waals surface area contributed by atoms with E-state index in [4.69, 9.17) is 15.5 Å². The van der Waals surface area contributed by atoms with Crippen LogP contribution in [0.15, 0.2) is 29.4 Å². The second kappa shape index (κ2) is 5.89. The van der Waals surface area contributed by atoms with Crippen LogP contribution in [0.5, 0.6) is 5.75 Å². The van der Waals surface area contributed by atoms with Crippen LogP contribution < -0.4 is 10.5 Å². The van der Waals surface area contributed by atoms with Gasteiger partial charge in [0.15, 0.2) is 5.16 Å². The monoisotopic (exact) mass is 289 g/mol. The van der Waals surface area contributed by atoms with Crippen molar-refractivity contribution >= 4 is 11.8 Å². The molecule has 0 radical (unpaired) electrons. The van der Waals surface area contributed by atoms with Gasteiger partial charge in [-0.1, -0.05) is 18.7 Å². The molecule has 0 amide bonds. The van der Waals surface area contributed by atoms with Crippen molar-refractivity contribution in [3.8, 4) is 17.0 Å². The fourth-order valence-electron chi connectivity index (χ4n) is 2.40. The zero-order valence-corrected chi connectivity index (χ0v) is 12.4. The van der Waals surface area contributed by atoms with E-state index in [0.29, 0.717) is 6.54 Å². The first-order valence-electron chi connectivity index (χ1n) is 6.99. The Bertz CT molecular complexity index is 592. The zero-order chi connectivity index (χ0) is 13.9. The highest BCUT2D eigenvalue weighted by Gasteiger charge is 2.21. The van der Waals surface area contributed by atoms with Crippen molar-refractivity contribution in [3.05, 3.63) is 30.0 Å². The third kappa shape index (κ3) is 2.43. The highest BCUT2D eigenvalue weighted by Crippen LogP contribution is 2.33. The molecule has 0 atom stereocenters. The van der Waals surface area contributed by atoms with Gasteiger partial charge in [-0.15, -0.1) is 0 Å². The molecule has 0 bridgehead atoms. The van der Waals surface area contributed by atoms with E-state index < -0.39 is 0 Å². The molecule has 5 heteroatoms. The lowest BCUT2D eigenvalue weighted by Crippen LogP contribution is -2.07. The lowest BCUT2D eigenvalue weighted by molar-refractivity contribution is 0.317. The second-order valence-electron chi connectivity index (χ2n) is 4.77. The Hall–Kier alpha value is -1.46. The standard InChI is InChI=1S/C15H19N3OS/c1-2-8-19-12-5-3-11(4-6-12)14-13(10-16)18-7-9-20-15(18)17-14/h3-6H,2,7-10,16H2,1H3. The fourth-order valence-corrected chi connectivity index (χ4v) is 3.37. The van der Waals surface area contributed by atoms with Crippen LogP contribution in [0.1, 0.15) is 19.0 Å². The first-order chi connectivity index (χ1) is 9.83. The molecule has 0 saturated carbocycles. The number of thioether (sulfide) groups is 1. The van der Waals surface area contributed by atoms with Crippen molar-refractivity contribution in [2.24, 2.45) is 5.73 Å². The van der Waals surface area contributed by atoms with Crippen LogP contribution in [0.25, 0.3) is 11.3 Å². The average Bonchev–Trinajstić information content (AvgIpc) is 3.05. The molecule has 0 spiro atoms. The van der Waals surface area contributed by atoms with Crippen LogP contribution in [0.2, 0.25) is 0 Å². The third-order valence-electron chi connectivity index (χ3n) is 3.38. The molecule has 2 heterocycles. The average molecular weight is 289 g/mol. The summed E-state index contributed by atoms with van der Waals surface area (Å²) in [5.41, 5.74) is 9.16. The van der Waals surface area contributed by atoms with Crippen molar-refractivity contribution in [2.75, 3.05) is 12.4 Å². The Labute approximate surface area is 123 Å². The van der Waals surface area contributed by atoms with Crippen LogP contribution in [0, 0.1) is 0 Å². The molecule has 1 aliphatic heterocycles. The van der Waals surface area contributed by atoms with Gasteiger partial charge >= 0.3 is 0 Å². The summed E-state index contributed by atoms with van der Waals surface area (Å²) in [5.74, 6) is 2.00. The molecule has 106 valence electrons. The van der Waals surface area contributed by atoms with Gasteiger partial charge in [0.2, 0.25) is 0 Å². The summed E-state index contributed by atoms with van der Waals surface area (Å²) in [6.45, 7) is 4.39. The largest absolute Gasteiger partial charge is 0.494 e. The first kappa shape index (κ1) is 13.5. The normalized spacial score (nSPS) is 13.5. The van der Waals surface area contributed by atoms with Crippen molar-refractivity contribution < 1.29 is 4.74 Å². The van der Waals surface area contributed by atoms with Gasteiger partial charge in [-0.2, -0.15) is 0 Å². The molecule has 1 aromatic heterocycles. The Kier molecular flexibility index (Phi) is 3.98. The number of imidazole rings is 1. The fraction of sp³-hybridized carbons (Fsp3) is 0.400. The minimum absolute atomic E-state index is 0.525. The molecular weight excluding hydrogens is 270 g/mol. The summed E-state index contributed by atoms with van der Waals surface area (Å²) in [7, 11) is 0. The van der Waals surface area contributed by atoms with E-state index in [0.717, 1.165) is 53.2 Å². The maximum atomic E-state index is 5.91. The number of benzene rings is 1. The van der Waals surface area contributed by atoms with Crippen molar-refractivity contribution in [2.45, 2.75) is 31.6 Å². The van der Waals surface area contributed by atoms with E-state index in [2.05, 4.69) is 23.6 Å². The number of hydrogen-bond donors (Lipinski definition) is 1. The number of ether oxygens (including phenoxy) is 1. The van der Waals surface area contributed by atoms with E-state index >= 15 is 0 Å². The molecule has 0 unspecified atom stereocenters. The number of nitrogens with two attached hydrogens (primary N) is 1. The molecule has 0 saturated heterocycles. The maximum absolute atomic E-state index is 5.91. The highest BCUT2D eigenvalue weighted by atomic mass is 32.2. The van der Waals surface area contributed by atoms with E-state index in [1.54, 1.807) is 11.8 Å². The van der Waals surface area contributed by atoms with Gasteiger partial charge in [-0.3, -0.25) is 0 Å². The number of rotatable bonds is 5. The van der Waals surface area contributed by atoms with Crippen LogP contribution in [-0.4, -0.2) is 21.9 Å². The molecule has 2 N–H and O–H groups in total. The molecule has 0 fully saturated rings. The van der Waals surface area contributed by atoms with Crippen LogP contribution in [0.3, 0.4) is 0 Å². The van der Waals surface area contributed by atoms with Crippen LogP contribution >= 0.6 is 11.8 Å². The Morgan fingerprint density at radius 2 is 2.15 bits per heavy atom. The summed E-state index contributed by atoms with van der Waals surface area (Å²) >= 11 is 1.80. The van der Waals surface area contributed by atoms with E-state index in [1.165, 1.54) is 0 Å². The van der Waals surface area contributed by atoms with Gasteiger partial charge in [0.05, 0.1) is 18.0 Å². The number of fused-ring (bicyclic) bond motifs is 1. The number of aromatic nitrogens is 2. The summed E-state index contributed by atoms with van der Waals surface area (Å²) in [6.07, 6.45) is 1.02. The lowest BCUT2D eigenvalue weighted by Gasteiger charge is -2.07. The molecule has 3 rings (SSSR count). The SMILES string of the molecule is CCCOc1ccc(-c2nc3n(c2CN)CCS3)cc1. The molecule has 2 aromatic rings. The number of hydrogen-bond acceptors (Lipinski definition) is 4. The minimum atomic E-state index is 0.525. The van der Waals surface area contributed by atoms with Gasteiger partial charge in [0.1, 0.15) is 5.75 Å². The van der Waals surface area contributed by atoms with E-state index in [1.807, 2.05) is 12.1 Å². The topological polar surface area (TPSA) is 53.1 Å². The van der Waals surface area contributed by atoms with Gasteiger partial charge in [-0.25, -0.2) is 4.98 Å². The summed E-state index contributed by atoms with van der Waals surface area (Å²) in [4.78, 5) is 4.73. The maximum Gasteiger partial charge on any atom is 0.168 e. The van der Waals surface area contributed by atoms with Gasteiger partial charge in [-0.05, 0) is 30.7 Å². The summed E-state index contributed by atoms with van der Waals surface area (Å²) in [5, 5.41) is 1.09. The summed E-state index contributed by atoms with van der Waals surface area (Å²) in [6, 6.07) is 8.13. The lowest BCUT2D eigenvalue weighted by atomic mass is 10.1. The van der Waals surface area contributed by atoms with Crippen LogP contribution in [0.4, 0.5) is 0 Å². The highest BCUT2D eigenvalue weighted by molar-refractivity contribution is 7.99. The molecule has 4 nitrogen and oxygen atoms in total. The molecule has 0 aliphatic carbocycles. The van der Waals surface area contributed by atoms with E-state index in [-0.39, 0.29) is 0 Å². The summed E-state index contributed by atoms with van der Waals surface area (Å²) < 4.78 is 7.85. The number of nitrogens with zero attached hydrogens (tertiary/aromatic N) is 2. The predicted molar refractivity (Wildman–Crippen MR) is 82.1 cm³/mol. The predicted octanol–water partition coefficient (Wildman–Crippen LogP) is 2.90. The van der Waals surface area contributed by atoms with Gasteiger partial charge < -0.3 is 15.0 Å². The molecule has 20 heavy (non-hydrogen) atoms. The third-order valence-corrected chi connectivity index (χ3v) is 4.33. The van der Waals surface area contributed by atoms with Crippen molar-refractivity contribution in [1.82, 2.24) is 9.55 Å². The second-order valence-corrected chi connectivity index (χ2v) is 5.83. The van der Waals surface area contributed by atoms with Gasteiger partial charge in [0, 0.05) is 24.4 Å². The quantitative estimate of drug-likeness (QED) is 0.919. The molecule has 1 aromatic carbocycles. The van der Waals surface area contributed by atoms with Crippen molar-refractivity contribution in [3.63, 3.8) is 0 Å². The van der Waals surface area contributed by atoms with Gasteiger partial charge in [0.25, 0.3) is 0 Å². The molecular formula is C15H19N3OS. The van der Waals surface area contributed by atoms with E-state index in [9.17, 15) is 0 Å². The van der Waals surface area contributed by atoms with Crippen LogP contribution in [-0.2, 0) is 13.1 Å². The zero-order valence-electron chi connectivity index (χ0n) is 11.6. The van der Waals surface area contributed by atoms with Crippen molar-refractivity contribution in [1.29, 1.82) is 0 Å². The first-order valence-corrected chi connectivity index (χ1v) is 7.97. The Morgan fingerprint density at radius 1 is 1.35 bits per heavy atom. The minimum Gasteiger partial charge on any atom is -0.494 e. The Balaban J connectivity index is 1.89. The molecule has 1 aliphatic rings. The Morgan fingerprint density at radius 3 is 2.85 bits per heavy atom. The smallest absolute Gasteiger partial charge is 0.168 e.